The Morgan fingerprint density at radius 3 is 2.44 bits per heavy atom. The van der Waals surface area contributed by atoms with Gasteiger partial charge in [0, 0.05) is 23.0 Å². The average Bonchev–Trinajstić information content (AvgIpc) is 2.65. The molecule has 1 saturated carbocycles. The molecule has 0 atom stereocenters. The Morgan fingerprint density at radius 1 is 1.12 bits per heavy atom. The van der Waals surface area contributed by atoms with Gasteiger partial charge in [-0.1, -0.05) is 37.1 Å². The highest BCUT2D eigenvalue weighted by molar-refractivity contribution is 8.00. The Bertz CT molecular complexity index is 378. The van der Waals surface area contributed by atoms with Crippen LogP contribution in [0.15, 0.2) is 24.3 Å². The Balaban J connectivity index is 1.98. The first-order chi connectivity index (χ1) is 7.80. The van der Waals surface area contributed by atoms with E-state index in [9.17, 15) is 0 Å². The van der Waals surface area contributed by atoms with E-state index in [1.807, 2.05) is 11.8 Å². The summed E-state index contributed by atoms with van der Waals surface area (Å²) in [6.45, 7) is 0. The van der Waals surface area contributed by atoms with Gasteiger partial charge in [0.25, 0.3) is 0 Å². The number of benzene rings is 1. The lowest BCUT2D eigenvalue weighted by Gasteiger charge is -2.33. The molecule has 0 radical (unpaired) electrons. The van der Waals surface area contributed by atoms with Crippen LogP contribution in [-0.2, 0) is 5.54 Å². The number of hydrogen-bond donors (Lipinski definition) is 1. The Hall–Kier alpha value is -0.470. The van der Waals surface area contributed by atoms with Crippen LogP contribution in [0.25, 0.3) is 0 Å². The lowest BCUT2D eigenvalue weighted by Crippen LogP contribution is -2.35. The van der Waals surface area contributed by atoms with E-state index in [-0.39, 0.29) is 5.54 Å². The van der Waals surface area contributed by atoms with Gasteiger partial charge in [0.2, 0.25) is 0 Å². The molecule has 3 rings (SSSR count). The topological polar surface area (TPSA) is 26.0 Å². The van der Waals surface area contributed by atoms with Crippen molar-refractivity contribution in [1.29, 1.82) is 0 Å². The summed E-state index contributed by atoms with van der Waals surface area (Å²) in [5, 5.41) is 0. The van der Waals surface area contributed by atoms with Crippen LogP contribution in [0.2, 0.25) is 0 Å². The Labute approximate surface area is 102 Å². The van der Waals surface area contributed by atoms with Crippen molar-refractivity contribution in [2.45, 2.75) is 37.1 Å². The molecule has 0 amide bonds. The molecule has 0 spiro atoms. The normalized spacial score (nSPS) is 24.3. The van der Waals surface area contributed by atoms with Crippen LogP contribution >= 0.6 is 11.8 Å². The molecule has 2 N–H and O–H groups in total. The lowest BCUT2D eigenvalue weighted by atomic mass is 9.82. The second-order valence-electron chi connectivity index (χ2n) is 5.18. The van der Waals surface area contributed by atoms with Gasteiger partial charge in [0.05, 0.1) is 0 Å². The molecule has 86 valence electrons. The fourth-order valence-corrected chi connectivity index (χ4v) is 3.83. The van der Waals surface area contributed by atoms with E-state index in [1.165, 1.54) is 48.3 Å². The number of hydrogen-bond acceptors (Lipinski definition) is 2. The number of thioether (sulfide) groups is 1. The summed E-state index contributed by atoms with van der Waals surface area (Å²) in [6.07, 6.45) is 4.93. The molecule has 1 nitrogen and oxygen atoms in total. The highest BCUT2D eigenvalue weighted by Crippen LogP contribution is 2.43. The fourth-order valence-electron chi connectivity index (χ4n) is 3.00. The summed E-state index contributed by atoms with van der Waals surface area (Å²) < 4.78 is 0. The van der Waals surface area contributed by atoms with Gasteiger partial charge >= 0.3 is 0 Å². The van der Waals surface area contributed by atoms with Crippen LogP contribution < -0.4 is 5.73 Å². The van der Waals surface area contributed by atoms with Gasteiger partial charge in [-0.05, 0) is 24.0 Å². The van der Waals surface area contributed by atoms with Crippen molar-refractivity contribution in [3.05, 3.63) is 35.4 Å². The lowest BCUT2D eigenvalue weighted by molar-refractivity contribution is 0.455. The first kappa shape index (κ1) is 10.7. The molecule has 1 aliphatic carbocycles. The fraction of sp³-hybridized carbons (Fsp3) is 0.571. The quantitative estimate of drug-likeness (QED) is 0.848. The van der Waals surface area contributed by atoms with Crippen molar-refractivity contribution in [2.75, 3.05) is 11.5 Å². The molecule has 1 heterocycles. The van der Waals surface area contributed by atoms with Crippen LogP contribution in [0.1, 0.15) is 42.7 Å². The summed E-state index contributed by atoms with van der Waals surface area (Å²) in [6, 6.07) is 8.88. The third-order valence-electron chi connectivity index (χ3n) is 4.07. The maximum absolute atomic E-state index is 6.59. The number of rotatable bonds is 2. The highest BCUT2D eigenvalue weighted by Gasteiger charge is 2.35. The van der Waals surface area contributed by atoms with Crippen molar-refractivity contribution < 1.29 is 0 Å². The first-order valence-corrected chi connectivity index (χ1v) is 7.41. The zero-order valence-corrected chi connectivity index (χ0v) is 10.4. The minimum atomic E-state index is -0.0170. The molecule has 1 aromatic rings. The van der Waals surface area contributed by atoms with E-state index in [2.05, 4.69) is 24.3 Å². The smallest absolute Gasteiger partial charge is 0.0412 e. The maximum atomic E-state index is 6.59. The van der Waals surface area contributed by atoms with Gasteiger partial charge in [-0.25, -0.2) is 0 Å². The predicted octanol–water partition coefficient (Wildman–Crippen LogP) is 3.25. The van der Waals surface area contributed by atoms with Crippen LogP contribution in [-0.4, -0.2) is 11.5 Å². The van der Waals surface area contributed by atoms with Crippen molar-refractivity contribution in [3.8, 4) is 0 Å². The Morgan fingerprint density at radius 2 is 1.81 bits per heavy atom. The Kier molecular flexibility index (Phi) is 2.72. The summed E-state index contributed by atoms with van der Waals surface area (Å²) >= 11 is 2.05. The molecule has 0 unspecified atom stereocenters. The molecule has 16 heavy (non-hydrogen) atoms. The van der Waals surface area contributed by atoms with Crippen molar-refractivity contribution in [3.63, 3.8) is 0 Å². The minimum absolute atomic E-state index is 0.0170. The van der Waals surface area contributed by atoms with E-state index in [0.717, 1.165) is 5.92 Å². The van der Waals surface area contributed by atoms with Gasteiger partial charge in [0.1, 0.15) is 0 Å². The van der Waals surface area contributed by atoms with E-state index in [1.54, 1.807) is 0 Å². The highest BCUT2D eigenvalue weighted by atomic mass is 32.2. The van der Waals surface area contributed by atoms with Crippen LogP contribution in [0, 0.1) is 0 Å². The molecular weight excluding hydrogens is 214 g/mol. The van der Waals surface area contributed by atoms with Gasteiger partial charge in [-0.3, -0.25) is 0 Å². The maximum Gasteiger partial charge on any atom is 0.0412 e. The molecule has 1 aliphatic heterocycles. The third-order valence-corrected chi connectivity index (χ3v) is 5.35. The molecular formula is C14H19NS. The molecule has 0 bridgehead atoms. The van der Waals surface area contributed by atoms with Crippen LogP contribution in [0.4, 0.5) is 0 Å². The van der Waals surface area contributed by atoms with E-state index < -0.39 is 0 Å². The average molecular weight is 233 g/mol. The number of nitrogens with two attached hydrogens (primary N) is 1. The molecule has 0 aromatic heterocycles. The van der Waals surface area contributed by atoms with Crippen LogP contribution in [0.3, 0.4) is 0 Å². The van der Waals surface area contributed by atoms with Crippen LogP contribution in [0.5, 0.6) is 0 Å². The van der Waals surface area contributed by atoms with Gasteiger partial charge in [-0.15, -0.1) is 0 Å². The zero-order valence-electron chi connectivity index (χ0n) is 9.61. The zero-order chi connectivity index (χ0) is 11.0. The SMILES string of the molecule is NC1(c2ccccc2C2CSC2)CCCC1. The van der Waals surface area contributed by atoms with E-state index >= 15 is 0 Å². The van der Waals surface area contributed by atoms with Crippen molar-refractivity contribution >= 4 is 11.8 Å². The second-order valence-corrected chi connectivity index (χ2v) is 6.26. The largest absolute Gasteiger partial charge is 0.321 e. The van der Waals surface area contributed by atoms with Crippen molar-refractivity contribution in [2.24, 2.45) is 5.73 Å². The summed E-state index contributed by atoms with van der Waals surface area (Å²) in [5.41, 5.74) is 9.55. The minimum Gasteiger partial charge on any atom is -0.321 e. The van der Waals surface area contributed by atoms with Gasteiger partial charge < -0.3 is 5.73 Å². The predicted molar refractivity (Wildman–Crippen MR) is 70.8 cm³/mol. The summed E-state index contributed by atoms with van der Waals surface area (Å²) in [4.78, 5) is 0. The summed E-state index contributed by atoms with van der Waals surface area (Å²) in [5.74, 6) is 3.34. The van der Waals surface area contributed by atoms with E-state index in [4.69, 9.17) is 5.73 Å². The van der Waals surface area contributed by atoms with Gasteiger partial charge in [0.15, 0.2) is 0 Å². The second kappa shape index (κ2) is 4.08. The molecule has 1 aromatic carbocycles. The summed E-state index contributed by atoms with van der Waals surface area (Å²) in [7, 11) is 0. The molecule has 2 aliphatic rings. The standard InChI is InChI=1S/C14H19NS/c15-14(7-3-4-8-14)13-6-2-1-5-12(13)11-9-16-10-11/h1-2,5-6,11H,3-4,7-10,15H2. The van der Waals surface area contributed by atoms with Crippen molar-refractivity contribution in [1.82, 2.24) is 0 Å². The first-order valence-electron chi connectivity index (χ1n) is 6.26. The van der Waals surface area contributed by atoms with Gasteiger partial charge in [-0.2, -0.15) is 11.8 Å². The molecule has 1 saturated heterocycles. The third kappa shape index (κ3) is 1.68. The molecule has 2 fully saturated rings. The monoisotopic (exact) mass is 233 g/mol. The van der Waals surface area contributed by atoms with E-state index in [0.29, 0.717) is 0 Å². The molecule has 2 heteroatoms.